The van der Waals surface area contributed by atoms with Crippen molar-refractivity contribution in [2.24, 2.45) is 0 Å². The lowest BCUT2D eigenvalue weighted by Gasteiger charge is -2.15. The standard InChI is InChI=1S/C7H11N3S2.C2H2O4/c1-10(2)3-7(12-6-9)4-11-5-8;3-1(4)2(5)6/h7H,3-4H2,1-2H3;(H,3,4)(H,5,6). The highest BCUT2D eigenvalue weighted by molar-refractivity contribution is 8.07. The highest BCUT2D eigenvalue weighted by Gasteiger charge is 2.10. The molecule has 0 aromatic carbocycles. The van der Waals surface area contributed by atoms with Crippen molar-refractivity contribution in [1.82, 2.24) is 4.90 Å². The quantitative estimate of drug-likeness (QED) is 0.550. The van der Waals surface area contributed by atoms with Gasteiger partial charge in [-0.1, -0.05) is 0 Å². The van der Waals surface area contributed by atoms with E-state index in [1.807, 2.05) is 29.8 Å². The molecule has 0 rings (SSSR count). The van der Waals surface area contributed by atoms with Gasteiger partial charge < -0.3 is 15.1 Å². The van der Waals surface area contributed by atoms with Gasteiger partial charge in [-0.25, -0.2) is 9.59 Å². The van der Waals surface area contributed by atoms with Crippen molar-refractivity contribution in [3.05, 3.63) is 0 Å². The van der Waals surface area contributed by atoms with Crippen LogP contribution in [0.5, 0.6) is 0 Å². The second-order valence-electron chi connectivity index (χ2n) is 3.11. The van der Waals surface area contributed by atoms with Crippen LogP contribution in [0.4, 0.5) is 0 Å². The van der Waals surface area contributed by atoms with Gasteiger partial charge in [-0.05, 0) is 37.6 Å². The number of hydrogen-bond donors (Lipinski definition) is 2. The van der Waals surface area contributed by atoms with Crippen LogP contribution in [-0.4, -0.2) is 58.7 Å². The zero-order valence-corrected chi connectivity index (χ0v) is 11.5. The van der Waals surface area contributed by atoms with E-state index in [4.69, 9.17) is 30.3 Å². The van der Waals surface area contributed by atoms with E-state index in [9.17, 15) is 0 Å². The minimum atomic E-state index is -1.82. The maximum absolute atomic E-state index is 9.10. The van der Waals surface area contributed by atoms with Crippen LogP contribution in [0.3, 0.4) is 0 Å². The number of aliphatic carboxylic acids is 2. The number of hydrogen-bond acceptors (Lipinski definition) is 7. The van der Waals surface area contributed by atoms with Gasteiger partial charge in [0.15, 0.2) is 0 Å². The van der Waals surface area contributed by atoms with E-state index in [0.717, 1.165) is 6.54 Å². The van der Waals surface area contributed by atoms with Crippen LogP contribution in [0.1, 0.15) is 0 Å². The van der Waals surface area contributed by atoms with Gasteiger partial charge in [0.2, 0.25) is 0 Å². The van der Waals surface area contributed by atoms with Crippen molar-refractivity contribution >= 4 is 35.5 Å². The summed E-state index contributed by atoms with van der Waals surface area (Å²) < 4.78 is 0. The molecule has 0 saturated carbocycles. The molecule has 18 heavy (non-hydrogen) atoms. The van der Waals surface area contributed by atoms with Crippen LogP contribution >= 0.6 is 23.5 Å². The number of carbonyl (C=O) groups is 2. The van der Waals surface area contributed by atoms with Gasteiger partial charge in [-0.3, -0.25) is 0 Å². The van der Waals surface area contributed by atoms with Gasteiger partial charge in [-0.2, -0.15) is 10.5 Å². The minimum Gasteiger partial charge on any atom is -0.473 e. The van der Waals surface area contributed by atoms with Crippen molar-refractivity contribution in [2.45, 2.75) is 5.25 Å². The average Bonchev–Trinajstić information content (AvgIpc) is 2.26. The van der Waals surface area contributed by atoms with Crippen molar-refractivity contribution in [2.75, 3.05) is 26.4 Å². The summed E-state index contributed by atoms with van der Waals surface area (Å²) in [5.41, 5.74) is 0. The number of nitriles is 2. The first kappa shape index (κ1) is 18.9. The molecule has 7 nitrogen and oxygen atoms in total. The molecule has 0 bridgehead atoms. The molecular formula is C9H13N3O4S2. The maximum atomic E-state index is 9.10. The third-order valence-corrected chi connectivity index (χ3v) is 2.97. The zero-order chi connectivity index (χ0) is 14.6. The molecule has 1 atom stereocenters. The first-order valence-electron chi connectivity index (χ1n) is 4.51. The number of thioether (sulfide) groups is 2. The lowest BCUT2D eigenvalue weighted by Crippen LogP contribution is -2.24. The molecule has 9 heteroatoms. The molecule has 0 amide bonds. The molecule has 0 radical (unpaired) electrons. The van der Waals surface area contributed by atoms with Gasteiger partial charge in [0.25, 0.3) is 0 Å². The van der Waals surface area contributed by atoms with Gasteiger partial charge in [0.1, 0.15) is 10.8 Å². The van der Waals surface area contributed by atoms with Gasteiger partial charge in [0.05, 0.1) is 0 Å². The highest BCUT2D eigenvalue weighted by atomic mass is 32.2. The number of rotatable bonds is 5. The molecule has 0 aliphatic rings. The molecule has 0 fully saturated rings. The van der Waals surface area contributed by atoms with Crippen LogP contribution in [0, 0.1) is 21.3 Å². The Bertz CT molecular complexity index is 337. The van der Waals surface area contributed by atoms with Crippen molar-refractivity contribution in [3.63, 3.8) is 0 Å². The highest BCUT2D eigenvalue weighted by Crippen LogP contribution is 2.15. The summed E-state index contributed by atoms with van der Waals surface area (Å²) in [4.78, 5) is 20.2. The Morgan fingerprint density at radius 3 is 2.00 bits per heavy atom. The van der Waals surface area contributed by atoms with Crippen LogP contribution in [0.2, 0.25) is 0 Å². The molecule has 100 valence electrons. The summed E-state index contributed by atoms with van der Waals surface area (Å²) in [6.07, 6.45) is 0. The zero-order valence-electron chi connectivity index (χ0n) is 9.86. The Balaban J connectivity index is 0. The SMILES string of the molecule is CN(C)CC(CSC#N)SC#N.O=C(O)C(=O)O. The summed E-state index contributed by atoms with van der Waals surface area (Å²) in [7, 11) is 3.92. The fourth-order valence-corrected chi connectivity index (χ4v) is 2.10. The smallest absolute Gasteiger partial charge is 0.414 e. The minimum absolute atomic E-state index is 0.231. The Morgan fingerprint density at radius 1 is 1.22 bits per heavy atom. The summed E-state index contributed by atoms with van der Waals surface area (Å²) in [5, 5.41) is 35.8. The molecule has 0 spiro atoms. The van der Waals surface area contributed by atoms with Crippen LogP contribution in [0.25, 0.3) is 0 Å². The fourth-order valence-electron chi connectivity index (χ4n) is 0.736. The van der Waals surface area contributed by atoms with Gasteiger partial charge in [0, 0.05) is 17.5 Å². The third kappa shape index (κ3) is 14.6. The first-order valence-corrected chi connectivity index (χ1v) is 6.38. The lowest BCUT2D eigenvalue weighted by atomic mass is 10.4. The average molecular weight is 291 g/mol. The number of thiocyanates is 2. The topological polar surface area (TPSA) is 125 Å². The molecule has 0 aromatic rings. The van der Waals surface area contributed by atoms with E-state index in [2.05, 4.69) is 0 Å². The first-order chi connectivity index (χ1) is 8.34. The second kappa shape index (κ2) is 12.0. The summed E-state index contributed by atoms with van der Waals surface area (Å²) in [6, 6.07) is 0. The number of nitrogens with zero attached hydrogens (tertiary/aromatic N) is 3. The summed E-state index contributed by atoms with van der Waals surface area (Å²) in [6.45, 7) is 0.840. The molecule has 0 aliphatic heterocycles. The van der Waals surface area contributed by atoms with E-state index in [1.165, 1.54) is 23.5 Å². The molecule has 0 saturated heterocycles. The Kier molecular flexibility index (Phi) is 12.7. The van der Waals surface area contributed by atoms with Crippen LogP contribution < -0.4 is 0 Å². The van der Waals surface area contributed by atoms with Gasteiger partial charge >= 0.3 is 11.9 Å². The number of carboxylic acids is 2. The predicted molar refractivity (Wildman–Crippen MR) is 68.9 cm³/mol. The van der Waals surface area contributed by atoms with E-state index < -0.39 is 11.9 Å². The third-order valence-electron chi connectivity index (χ3n) is 1.30. The second-order valence-corrected chi connectivity index (χ2v) is 5.00. The van der Waals surface area contributed by atoms with E-state index >= 15 is 0 Å². The summed E-state index contributed by atoms with van der Waals surface area (Å²) in [5.74, 6) is -2.93. The van der Waals surface area contributed by atoms with Crippen molar-refractivity contribution < 1.29 is 19.8 Å². The van der Waals surface area contributed by atoms with Gasteiger partial charge in [-0.15, -0.1) is 0 Å². The molecule has 0 aromatic heterocycles. The van der Waals surface area contributed by atoms with E-state index in [1.54, 1.807) is 0 Å². The molecular weight excluding hydrogens is 278 g/mol. The molecule has 2 N–H and O–H groups in total. The fraction of sp³-hybridized carbons (Fsp3) is 0.556. The predicted octanol–water partition coefficient (Wildman–Crippen LogP) is 0.501. The van der Waals surface area contributed by atoms with Crippen LogP contribution in [0.15, 0.2) is 0 Å². The van der Waals surface area contributed by atoms with Crippen molar-refractivity contribution in [1.29, 1.82) is 10.5 Å². The normalized spacial score (nSPS) is 10.5. The van der Waals surface area contributed by atoms with Crippen molar-refractivity contribution in [3.8, 4) is 10.8 Å². The molecule has 0 heterocycles. The lowest BCUT2D eigenvalue weighted by molar-refractivity contribution is -0.159. The maximum Gasteiger partial charge on any atom is 0.414 e. The Labute approximate surface area is 113 Å². The Morgan fingerprint density at radius 2 is 1.72 bits per heavy atom. The summed E-state index contributed by atoms with van der Waals surface area (Å²) >= 11 is 2.44. The van der Waals surface area contributed by atoms with E-state index in [-0.39, 0.29) is 5.25 Å². The monoisotopic (exact) mass is 291 g/mol. The van der Waals surface area contributed by atoms with Crippen LogP contribution in [-0.2, 0) is 9.59 Å². The van der Waals surface area contributed by atoms with E-state index in [0.29, 0.717) is 5.75 Å². The number of carboxylic acid groups (broad SMARTS) is 2. The largest absolute Gasteiger partial charge is 0.473 e. The molecule has 0 aliphatic carbocycles. The Hall–Kier alpha value is -1.42. The molecule has 1 unspecified atom stereocenters.